The molecule has 47 heavy (non-hydrogen) atoms. The van der Waals surface area contributed by atoms with E-state index >= 15 is 0 Å². The Labute approximate surface area is 273 Å². The van der Waals surface area contributed by atoms with Crippen molar-refractivity contribution in [3.63, 3.8) is 0 Å². The zero-order valence-electron chi connectivity index (χ0n) is 25.1. The van der Waals surface area contributed by atoms with Crippen LogP contribution in [-0.2, 0) is 46.4 Å². The molecule has 2 aliphatic heterocycles. The van der Waals surface area contributed by atoms with E-state index in [1.54, 1.807) is 6.07 Å². The summed E-state index contributed by atoms with van der Waals surface area (Å²) < 4.78 is 10.6. The Kier molecular flexibility index (Phi) is 12.6. The topological polar surface area (TPSA) is 291 Å². The predicted molar refractivity (Wildman–Crippen MR) is 166 cm³/mol. The maximum atomic E-state index is 13.2. The molecule has 2 aromatic rings. The van der Waals surface area contributed by atoms with Crippen molar-refractivity contribution < 1.29 is 53.6 Å². The van der Waals surface area contributed by atoms with Gasteiger partial charge >= 0.3 is 26.2 Å². The minimum atomic E-state index is -1.43. The summed E-state index contributed by atoms with van der Waals surface area (Å²) in [5.74, 6) is -4.95. The summed E-state index contributed by atoms with van der Waals surface area (Å²) in [6.45, 7) is -0.131. The highest BCUT2D eigenvalue weighted by Crippen LogP contribution is 2.21. The second-order valence-corrected chi connectivity index (χ2v) is 12.0. The van der Waals surface area contributed by atoms with Gasteiger partial charge in [0.1, 0.15) is 12.3 Å². The summed E-state index contributed by atoms with van der Waals surface area (Å²) in [6, 6.07) is 0.688. The number of carbonyl (C=O) groups excluding carboxylic acids is 2. The first-order valence-electron chi connectivity index (χ1n) is 14.7. The van der Waals surface area contributed by atoms with E-state index in [1.807, 2.05) is 0 Å². The third-order valence-corrected chi connectivity index (χ3v) is 8.08. The van der Waals surface area contributed by atoms with Gasteiger partial charge in [0.2, 0.25) is 5.91 Å². The molecule has 2 aliphatic rings. The Morgan fingerprint density at radius 3 is 2.15 bits per heavy atom. The first-order valence-corrected chi connectivity index (χ1v) is 15.6. The number of aromatic nitrogens is 2. The molecule has 0 bridgehead atoms. The Morgan fingerprint density at radius 1 is 1.00 bits per heavy atom. The number of oxime groups is 1. The molecule has 0 aliphatic carbocycles. The number of amides is 2. The summed E-state index contributed by atoms with van der Waals surface area (Å²) in [5, 5.41) is 49.3. The van der Waals surface area contributed by atoms with Crippen molar-refractivity contribution >= 4 is 60.2 Å². The lowest BCUT2D eigenvalue weighted by molar-refractivity contribution is -0.140. The number of nitrogens with one attached hydrogen (secondary N) is 2. The molecule has 10 N–H and O–H groups in total. The second-order valence-electron chi connectivity index (χ2n) is 11.1. The Morgan fingerprint density at radius 2 is 1.60 bits per heavy atom. The van der Waals surface area contributed by atoms with Crippen molar-refractivity contribution in [1.29, 1.82) is 0 Å². The van der Waals surface area contributed by atoms with E-state index in [2.05, 4.69) is 25.8 Å². The molecule has 1 unspecified atom stereocenters. The van der Waals surface area contributed by atoms with E-state index in [0.29, 0.717) is 30.4 Å². The molecule has 5 atom stereocenters. The smallest absolute Gasteiger partial charge is 0.478 e. The third-order valence-electron chi connectivity index (χ3n) is 7.41. The minimum absolute atomic E-state index is 0.0894. The molecular weight excluding hydrogens is 640 g/mol. The molecule has 21 heteroatoms. The monoisotopic (exact) mass is 675 g/mol. The van der Waals surface area contributed by atoms with Crippen LogP contribution in [0.25, 0.3) is 0 Å². The van der Waals surface area contributed by atoms with Gasteiger partial charge in [0.05, 0.1) is 43.0 Å². The van der Waals surface area contributed by atoms with Crippen molar-refractivity contribution in [2.45, 2.75) is 81.7 Å². The van der Waals surface area contributed by atoms with Crippen LogP contribution in [0.1, 0.15) is 55.3 Å². The molecule has 0 aromatic carbocycles. The maximum Gasteiger partial charge on any atom is 0.478 e. The average Bonchev–Trinajstić information content (AvgIpc) is 3.43. The molecular formula is C26H35B2N7O11S. The van der Waals surface area contributed by atoms with Crippen LogP contribution < -0.4 is 22.1 Å². The number of hydrogen-bond donors (Lipinski definition) is 8. The molecule has 0 radical (unpaired) electrons. The fourth-order valence-corrected chi connectivity index (χ4v) is 5.64. The number of rotatable bonds is 14. The number of pyridine rings is 1. The highest BCUT2D eigenvalue weighted by atomic mass is 32.1. The lowest BCUT2D eigenvalue weighted by Gasteiger charge is -2.31. The van der Waals surface area contributed by atoms with Crippen LogP contribution in [0.2, 0.25) is 0 Å². The molecule has 2 aromatic heterocycles. The number of aliphatic carboxylic acids is 2. The quantitative estimate of drug-likeness (QED) is 0.0624. The first-order chi connectivity index (χ1) is 22.4. The SMILES string of the molecule is Nc1nc(/C(=N/OCc2cncc(CC(N)C(=O)N[C@H]3CC[C@@H](CC(=O)O)OB3O)c2)C(=O)N[C@H]2CC[C@@H](CC(=O)O)OB2O)cs1. The van der Waals surface area contributed by atoms with Crippen molar-refractivity contribution in [2.24, 2.45) is 10.9 Å². The van der Waals surface area contributed by atoms with Gasteiger partial charge in [-0.05, 0) is 43.7 Å². The van der Waals surface area contributed by atoms with Gasteiger partial charge in [-0.15, -0.1) is 11.3 Å². The lowest BCUT2D eigenvalue weighted by atomic mass is 9.72. The van der Waals surface area contributed by atoms with E-state index in [9.17, 15) is 29.2 Å². The predicted octanol–water partition coefficient (Wildman–Crippen LogP) is -1.77. The number of nitrogen functional groups attached to an aromatic ring is 1. The van der Waals surface area contributed by atoms with Crippen LogP contribution in [-0.4, -0.2) is 104 Å². The number of carboxylic acids is 2. The zero-order chi connectivity index (χ0) is 34.1. The molecule has 0 spiro atoms. The van der Waals surface area contributed by atoms with Gasteiger partial charge < -0.3 is 56.5 Å². The van der Waals surface area contributed by atoms with Crippen LogP contribution in [0.5, 0.6) is 0 Å². The highest BCUT2D eigenvalue weighted by Gasteiger charge is 2.39. The number of nitrogens with two attached hydrogens (primary N) is 2. The molecule has 4 rings (SSSR count). The van der Waals surface area contributed by atoms with Crippen LogP contribution >= 0.6 is 11.3 Å². The average molecular weight is 675 g/mol. The molecule has 252 valence electrons. The van der Waals surface area contributed by atoms with E-state index in [-0.39, 0.29) is 48.8 Å². The van der Waals surface area contributed by atoms with Gasteiger partial charge in [0.25, 0.3) is 5.91 Å². The van der Waals surface area contributed by atoms with Crippen LogP contribution in [0, 0.1) is 0 Å². The van der Waals surface area contributed by atoms with Crippen molar-refractivity contribution in [3.8, 4) is 0 Å². The first kappa shape index (κ1) is 35.7. The van der Waals surface area contributed by atoms with E-state index in [1.165, 1.54) is 17.8 Å². The largest absolute Gasteiger partial charge is 0.481 e. The number of anilines is 1. The molecule has 18 nitrogen and oxygen atoms in total. The fourth-order valence-electron chi connectivity index (χ4n) is 5.09. The van der Waals surface area contributed by atoms with E-state index in [0.717, 1.165) is 11.3 Å². The van der Waals surface area contributed by atoms with E-state index in [4.69, 9.17) is 35.8 Å². The molecule has 2 fully saturated rings. The van der Waals surface area contributed by atoms with Crippen molar-refractivity contribution in [3.05, 3.63) is 40.7 Å². The van der Waals surface area contributed by atoms with Gasteiger partial charge in [-0.1, -0.05) is 5.16 Å². The lowest BCUT2D eigenvalue weighted by Crippen LogP contribution is -2.56. The van der Waals surface area contributed by atoms with Gasteiger partial charge in [-0.2, -0.15) is 0 Å². The Hall–Kier alpha value is -4.14. The number of nitrogens with zero attached hydrogens (tertiary/aromatic N) is 3. The number of carboxylic acid groups (broad SMARTS) is 2. The molecule has 0 saturated carbocycles. The molecule has 4 heterocycles. The van der Waals surface area contributed by atoms with E-state index < -0.39 is 68.1 Å². The van der Waals surface area contributed by atoms with Crippen LogP contribution in [0.3, 0.4) is 0 Å². The fraction of sp³-hybridized carbons (Fsp3) is 0.500. The maximum absolute atomic E-state index is 13.2. The van der Waals surface area contributed by atoms with Gasteiger partial charge in [-0.25, -0.2) is 4.98 Å². The highest BCUT2D eigenvalue weighted by molar-refractivity contribution is 7.13. The summed E-state index contributed by atoms with van der Waals surface area (Å²) in [5.41, 5.74) is 12.9. The van der Waals surface area contributed by atoms with Crippen LogP contribution in [0.4, 0.5) is 5.13 Å². The molecule has 2 saturated heterocycles. The summed E-state index contributed by atoms with van der Waals surface area (Å²) in [4.78, 5) is 61.4. The Bertz CT molecular complexity index is 1470. The Balaban J connectivity index is 1.32. The summed E-state index contributed by atoms with van der Waals surface area (Å²) >= 11 is 1.08. The summed E-state index contributed by atoms with van der Waals surface area (Å²) in [7, 11) is -2.80. The number of thiazole rings is 1. The second kappa shape index (κ2) is 16.6. The zero-order valence-corrected chi connectivity index (χ0v) is 25.9. The van der Waals surface area contributed by atoms with Crippen molar-refractivity contribution in [2.75, 3.05) is 5.73 Å². The molecule has 2 amide bonds. The van der Waals surface area contributed by atoms with Gasteiger partial charge in [0.15, 0.2) is 10.8 Å². The number of carbonyl (C=O) groups is 4. The third kappa shape index (κ3) is 10.7. The van der Waals surface area contributed by atoms with Gasteiger partial charge in [-0.3, -0.25) is 24.2 Å². The van der Waals surface area contributed by atoms with Crippen molar-refractivity contribution in [1.82, 2.24) is 20.6 Å². The summed E-state index contributed by atoms with van der Waals surface area (Å²) in [6.07, 6.45) is 2.50. The minimum Gasteiger partial charge on any atom is -0.481 e. The van der Waals surface area contributed by atoms with Crippen LogP contribution in [0.15, 0.2) is 29.0 Å². The standard InChI is InChI=1S/C26H35B2N7O11S/c29-17(24(40)33-19-3-1-15(7-21(36)37)45-27(19)42)6-13-5-14(10-31-9-13)11-44-35-23(18-12-47-26(30)32-18)25(41)34-20-4-2-16(8-22(38)39)46-28(20)43/h5,9-10,12,15-17,19-20,42-43H,1-4,6-8,11,29H2,(H2,30,32)(H,33,40)(H,34,41)(H,36,37)(H,38,39)/b35-23-/t15-,16-,17?,19-,20-/m0/s1. The number of hydrogen-bond acceptors (Lipinski definition) is 15. The normalized spacial score (nSPS) is 22.3. The van der Waals surface area contributed by atoms with Gasteiger partial charge in [0, 0.05) is 23.3 Å².